The molecule has 112 valence electrons. The molecule has 0 heterocycles. The summed E-state index contributed by atoms with van der Waals surface area (Å²) in [6, 6.07) is 2.92. The molecule has 0 unspecified atom stereocenters. The van der Waals surface area contributed by atoms with E-state index in [0.717, 1.165) is 0 Å². The van der Waals surface area contributed by atoms with Gasteiger partial charge in [0.25, 0.3) is 0 Å². The van der Waals surface area contributed by atoms with Crippen molar-refractivity contribution in [3.8, 4) is 17.2 Å². The number of benzene rings is 1. The van der Waals surface area contributed by atoms with E-state index in [2.05, 4.69) is 5.32 Å². The maximum atomic E-state index is 11.8. The number of carbonyl (C=O) groups excluding carboxylic acids is 1. The fraction of sp³-hybridized carbons (Fsp3) is 0.462. The number of nitrogens with one attached hydrogen (secondary N) is 1. The van der Waals surface area contributed by atoms with Gasteiger partial charge in [0.2, 0.25) is 5.75 Å². The van der Waals surface area contributed by atoms with E-state index < -0.39 is 0 Å². The van der Waals surface area contributed by atoms with Crippen LogP contribution in [0.15, 0.2) is 12.1 Å². The van der Waals surface area contributed by atoms with Crippen LogP contribution >= 0.6 is 0 Å². The van der Waals surface area contributed by atoms with Gasteiger partial charge in [0.05, 0.1) is 33.6 Å². The van der Waals surface area contributed by atoms with Crippen molar-refractivity contribution in [2.75, 3.05) is 46.8 Å². The van der Waals surface area contributed by atoms with Gasteiger partial charge < -0.3 is 29.5 Å². The number of methoxy groups -OCH3 is 3. The molecule has 0 aliphatic carbocycles. The Balaban J connectivity index is 2.99. The predicted octanol–water partition coefficient (Wildman–Crippen LogP) is 1.17. The summed E-state index contributed by atoms with van der Waals surface area (Å²) in [5.41, 5.74) is 0.509. The van der Waals surface area contributed by atoms with E-state index in [0.29, 0.717) is 22.9 Å². The van der Waals surface area contributed by atoms with Crippen molar-refractivity contribution in [1.29, 1.82) is 0 Å². The molecule has 2 N–H and O–H groups in total. The lowest BCUT2D eigenvalue weighted by atomic mass is 10.2. The second kappa shape index (κ2) is 7.44. The Morgan fingerprint density at radius 2 is 1.75 bits per heavy atom. The third-order valence-electron chi connectivity index (χ3n) is 2.70. The van der Waals surface area contributed by atoms with Crippen LogP contribution in [-0.4, -0.2) is 57.6 Å². The van der Waals surface area contributed by atoms with Gasteiger partial charge in [-0.1, -0.05) is 0 Å². The lowest BCUT2D eigenvalue weighted by Crippen LogP contribution is -2.33. The first-order valence-electron chi connectivity index (χ1n) is 6.00. The third-order valence-corrected chi connectivity index (χ3v) is 2.70. The highest BCUT2D eigenvalue weighted by Crippen LogP contribution is 2.39. The van der Waals surface area contributed by atoms with Gasteiger partial charge in [-0.3, -0.25) is 0 Å². The Morgan fingerprint density at radius 3 is 2.15 bits per heavy atom. The van der Waals surface area contributed by atoms with Crippen molar-refractivity contribution in [3.63, 3.8) is 0 Å². The molecule has 0 aliphatic heterocycles. The molecule has 0 atom stereocenters. The molecule has 0 aromatic heterocycles. The number of hydrogen-bond acceptors (Lipinski definition) is 5. The zero-order chi connectivity index (χ0) is 15.1. The molecular formula is C13H20N2O5. The normalized spacial score (nSPS) is 9.85. The molecule has 20 heavy (non-hydrogen) atoms. The number of likely N-dealkylation sites (N-methyl/N-ethyl adjacent to an activating group) is 1. The Labute approximate surface area is 118 Å². The minimum absolute atomic E-state index is 0.0980. The first-order valence-corrected chi connectivity index (χ1v) is 6.00. The van der Waals surface area contributed by atoms with Crippen molar-refractivity contribution < 1.29 is 24.1 Å². The Bertz CT molecular complexity index is 439. The van der Waals surface area contributed by atoms with Crippen LogP contribution in [0, 0.1) is 0 Å². The summed E-state index contributed by atoms with van der Waals surface area (Å²) in [6.45, 7) is 0.148. The molecule has 0 saturated carbocycles. The van der Waals surface area contributed by atoms with E-state index in [1.54, 1.807) is 19.2 Å². The summed E-state index contributed by atoms with van der Waals surface area (Å²) >= 11 is 0. The Hall–Kier alpha value is -2.15. The van der Waals surface area contributed by atoms with Crippen molar-refractivity contribution in [2.24, 2.45) is 0 Å². The molecule has 2 amide bonds. The first-order chi connectivity index (χ1) is 9.57. The molecule has 0 fully saturated rings. The third kappa shape index (κ3) is 3.67. The molecule has 0 aliphatic rings. The minimum atomic E-state index is -0.340. The van der Waals surface area contributed by atoms with Gasteiger partial charge in [-0.25, -0.2) is 4.79 Å². The predicted molar refractivity (Wildman–Crippen MR) is 74.8 cm³/mol. The van der Waals surface area contributed by atoms with Crippen LogP contribution in [0.5, 0.6) is 17.2 Å². The van der Waals surface area contributed by atoms with Gasteiger partial charge in [-0.05, 0) is 0 Å². The van der Waals surface area contributed by atoms with Crippen LogP contribution in [0.2, 0.25) is 0 Å². The van der Waals surface area contributed by atoms with E-state index in [1.807, 2.05) is 0 Å². The van der Waals surface area contributed by atoms with E-state index in [1.165, 1.54) is 26.2 Å². The number of amides is 2. The number of carbonyl (C=O) groups is 1. The second-order valence-corrected chi connectivity index (χ2v) is 3.99. The molecule has 0 spiro atoms. The first kappa shape index (κ1) is 15.9. The van der Waals surface area contributed by atoms with Gasteiger partial charge >= 0.3 is 6.03 Å². The highest BCUT2D eigenvalue weighted by Gasteiger charge is 2.15. The van der Waals surface area contributed by atoms with E-state index in [-0.39, 0.29) is 19.2 Å². The SMILES string of the molecule is COc1cc(NC(=O)N(C)CCO)cc(OC)c1OC. The molecule has 1 aromatic carbocycles. The topological polar surface area (TPSA) is 80.3 Å². The highest BCUT2D eigenvalue weighted by atomic mass is 16.5. The number of urea groups is 1. The van der Waals surface area contributed by atoms with Crippen LogP contribution < -0.4 is 19.5 Å². The number of hydrogen-bond donors (Lipinski definition) is 2. The molecule has 7 heteroatoms. The fourth-order valence-electron chi connectivity index (χ4n) is 1.62. The summed E-state index contributed by atoms with van der Waals surface area (Å²) in [7, 11) is 6.10. The minimum Gasteiger partial charge on any atom is -0.493 e. The summed E-state index contributed by atoms with van der Waals surface area (Å²) in [6.07, 6.45) is 0. The quantitative estimate of drug-likeness (QED) is 0.819. The summed E-state index contributed by atoms with van der Waals surface area (Å²) in [5.74, 6) is 1.36. The lowest BCUT2D eigenvalue weighted by Gasteiger charge is -2.18. The van der Waals surface area contributed by atoms with Gasteiger partial charge in [-0.2, -0.15) is 0 Å². The number of anilines is 1. The van der Waals surface area contributed by atoms with Crippen molar-refractivity contribution >= 4 is 11.7 Å². The van der Waals surface area contributed by atoms with Crippen LogP contribution in [0.25, 0.3) is 0 Å². The van der Waals surface area contributed by atoms with Gasteiger partial charge in [0.15, 0.2) is 11.5 Å². The van der Waals surface area contributed by atoms with Crippen molar-refractivity contribution in [2.45, 2.75) is 0 Å². The van der Waals surface area contributed by atoms with Gasteiger partial charge in [0.1, 0.15) is 0 Å². The zero-order valence-corrected chi connectivity index (χ0v) is 12.1. The highest BCUT2D eigenvalue weighted by molar-refractivity contribution is 5.90. The molecular weight excluding hydrogens is 264 g/mol. The van der Waals surface area contributed by atoms with Crippen molar-refractivity contribution in [3.05, 3.63) is 12.1 Å². The molecule has 0 bridgehead atoms. The fourth-order valence-corrected chi connectivity index (χ4v) is 1.62. The van der Waals surface area contributed by atoms with E-state index >= 15 is 0 Å². The van der Waals surface area contributed by atoms with Crippen molar-refractivity contribution in [1.82, 2.24) is 4.90 Å². The number of ether oxygens (including phenoxy) is 3. The number of aliphatic hydroxyl groups excluding tert-OH is 1. The molecule has 7 nitrogen and oxygen atoms in total. The average molecular weight is 284 g/mol. The molecule has 1 aromatic rings. The standard InChI is InChI=1S/C13H20N2O5/c1-15(5-6-16)13(17)14-9-7-10(18-2)12(20-4)11(8-9)19-3/h7-8,16H,5-6H2,1-4H3,(H,14,17). The van der Waals surface area contributed by atoms with E-state index in [9.17, 15) is 4.79 Å². The second-order valence-electron chi connectivity index (χ2n) is 3.99. The monoisotopic (exact) mass is 284 g/mol. The average Bonchev–Trinajstić information content (AvgIpc) is 2.46. The van der Waals surface area contributed by atoms with Gasteiger partial charge in [-0.15, -0.1) is 0 Å². The van der Waals surface area contributed by atoms with Crippen LogP contribution in [-0.2, 0) is 0 Å². The maximum absolute atomic E-state index is 11.8. The summed E-state index contributed by atoms with van der Waals surface area (Å²) < 4.78 is 15.6. The largest absolute Gasteiger partial charge is 0.493 e. The van der Waals surface area contributed by atoms with Gasteiger partial charge in [0, 0.05) is 25.7 Å². The number of aliphatic hydroxyl groups is 1. The molecule has 0 radical (unpaired) electrons. The van der Waals surface area contributed by atoms with E-state index in [4.69, 9.17) is 19.3 Å². The maximum Gasteiger partial charge on any atom is 0.321 e. The molecule has 0 saturated heterocycles. The number of rotatable bonds is 6. The molecule has 1 rings (SSSR count). The summed E-state index contributed by atoms with van der Waals surface area (Å²) in [4.78, 5) is 13.2. The summed E-state index contributed by atoms with van der Waals surface area (Å²) in [5, 5.41) is 11.5. The zero-order valence-electron chi connectivity index (χ0n) is 12.1. The lowest BCUT2D eigenvalue weighted by molar-refractivity contribution is 0.202. The number of nitrogens with zero attached hydrogens (tertiary/aromatic N) is 1. The van der Waals surface area contributed by atoms with Crippen LogP contribution in [0.3, 0.4) is 0 Å². The van der Waals surface area contributed by atoms with Crippen LogP contribution in [0.1, 0.15) is 0 Å². The smallest absolute Gasteiger partial charge is 0.321 e. The Morgan fingerprint density at radius 1 is 1.20 bits per heavy atom. The van der Waals surface area contributed by atoms with Crippen LogP contribution in [0.4, 0.5) is 10.5 Å². The Kier molecular flexibility index (Phi) is 5.92.